The fourth-order valence-corrected chi connectivity index (χ4v) is 1.79. The van der Waals surface area contributed by atoms with Gasteiger partial charge in [-0.05, 0) is 19.1 Å². The van der Waals surface area contributed by atoms with Crippen LogP contribution in [0.25, 0.3) is 5.52 Å². The fourth-order valence-electron chi connectivity index (χ4n) is 1.79. The Bertz CT molecular complexity index is 533. The SMILES string of the molecule is Cc1nnn2c(C(C)CC(=O)O)cccc12. The third-order valence-electron chi connectivity index (χ3n) is 2.63. The zero-order valence-electron chi connectivity index (χ0n) is 9.21. The standard InChI is InChI=1S/C11H13N3O2/c1-7(6-11(15)16)9-4-3-5-10-8(2)12-13-14(9)10/h3-5,7H,6H2,1-2H3,(H,15,16). The molecule has 5 nitrogen and oxygen atoms in total. The van der Waals surface area contributed by atoms with E-state index in [0.29, 0.717) is 0 Å². The molecule has 1 unspecified atom stereocenters. The molecule has 5 heteroatoms. The number of aryl methyl sites for hydroxylation is 1. The lowest BCUT2D eigenvalue weighted by atomic mass is 10.0. The van der Waals surface area contributed by atoms with Crippen molar-refractivity contribution in [2.75, 3.05) is 0 Å². The summed E-state index contributed by atoms with van der Waals surface area (Å²) >= 11 is 0. The molecule has 0 spiro atoms. The number of aliphatic carboxylic acids is 1. The summed E-state index contributed by atoms with van der Waals surface area (Å²) in [6, 6.07) is 5.71. The Morgan fingerprint density at radius 1 is 1.56 bits per heavy atom. The van der Waals surface area contributed by atoms with Gasteiger partial charge in [0.2, 0.25) is 0 Å². The monoisotopic (exact) mass is 219 g/mol. The Labute approximate surface area is 92.7 Å². The molecule has 0 saturated heterocycles. The average Bonchev–Trinajstić information content (AvgIpc) is 2.59. The van der Waals surface area contributed by atoms with Crippen molar-refractivity contribution >= 4 is 11.5 Å². The number of hydrogen-bond donors (Lipinski definition) is 1. The van der Waals surface area contributed by atoms with Crippen LogP contribution in [-0.4, -0.2) is 25.9 Å². The van der Waals surface area contributed by atoms with Crippen molar-refractivity contribution in [3.63, 3.8) is 0 Å². The lowest BCUT2D eigenvalue weighted by Gasteiger charge is -2.10. The number of carboxylic acid groups (broad SMARTS) is 1. The Morgan fingerprint density at radius 2 is 2.31 bits per heavy atom. The summed E-state index contributed by atoms with van der Waals surface area (Å²) in [5.41, 5.74) is 2.65. The van der Waals surface area contributed by atoms with E-state index in [0.717, 1.165) is 16.9 Å². The van der Waals surface area contributed by atoms with Crippen molar-refractivity contribution in [3.05, 3.63) is 29.6 Å². The molecule has 0 aliphatic heterocycles. The summed E-state index contributed by atoms with van der Waals surface area (Å²) in [5, 5.41) is 16.8. The van der Waals surface area contributed by atoms with Gasteiger partial charge in [0.15, 0.2) is 0 Å². The molecule has 0 fully saturated rings. The van der Waals surface area contributed by atoms with Crippen LogP contribution in [0.4, 0.5) is 0 Å². The van der Waals surface area contributed by atoms with Crippen LogP contribution in [0.3, 0.4) is 0 Å². The number of fused-ring (bicyclic) bond motifs is 1. The number of pyridine rings is 1. The van der Waals surface area contributed by atoms with Gasteiger partial charge in [0.1, 0.15) is 0 Å². The minimum Gasteiger partial charge on any atom is -0.481 e. The van der Waals surface area contributed by atoms with E-state index in [1.54, 1.807) is 4.52 Å². The van der Waals surface area contributed by atoms with Crippen LogP contribution in [-0.2, 0) is 4.79 Å². The van der Waals surface area contributed by atoms with Gasteiger partial charge >= 0.3 is 5.97 Å². The van der Waals surface area contributed by atoms with Gasteiger partial charge in [0, 0.05) is 11.6 Å². The van der Waals surface area contributed by atoms with E-state index >= 15 is 0 Å². The van der Waals surface area contributed by atoms with Crippen molar-refractivity contribution in [2.24, 2.45) is 0 Å². The van der Waals surface area contributed by atoms with Crippen molar-refractivity contribution in [3.8, 4) is 0 Å². The molecule has 2 aromatic rings. The first-order valence-corrected chi connectivity index (χ1v) is 5.12. The van der Waals surface area contributed by atoms with E-state index in [2.05, 4.69) is 10.3 Å². The van der Waals surface area contributed by atoms with E-state index in [9.17, 15) is 4.79 Å². The van der Waals surface area contributed by atoms with Crippen LogP contribution in [0, 0.1) is 6.92 Å². The first kappa shape index (κ1) is 10.6. The minimum atomic E-state index is -0.804. The van der Waals surface area contributed by atoms with E-state index in [1.807, 2.05) is 32.0 Å². The molecule has 0 aromatic carbocycles. The average molecular weight is 219 g/mol. The van der Waals surface area contributed by atoms with Crippen LogP contribution < -0.4 is 0 Å². The van der Waals surface area contributed by atoms with Gasteiger partial charge in [-0.2, -0.15) is 0 Å². The molecular formula is C11H13N3O2. The highest BCUT2D eigenvalue weighted by Gasteiger charge is 2.14. The number of carboxylic acids is 1. The number of carbonyl (C=O) groups is 1. The third-order valence-corrected chi connectivity index (χ3v) is 2.63. The van der Waals surface area contributed by atoms with E-state index in [1.165, 1.54) is 0 Å². The molecule has 1 N–H and O–H groups in total. The van der Waals surface area contributed by atoms with Crippen LogP contribution in [0.1, 0.15) is 30.7 Å². The van der Waals surface area contributed by atoms with Gasteiger partial charge in [-0.3, -0.25) is 4.79 Å². The third kappa shape index (κ3) is 1.76. The maximum absolute atomic E-state index is 10.7. The second-order valence-electron chi connectivity index (χ2n) is 3.92. The lowest BCUT2D eigenvalue weighted by Crippen LogP contribution is -2.08. The maximum Gasteiger partial charge on any atom is 0.304 e. The molecule has 84 valence electrons. The highest BCUT2D eigenvalue weighted by Crippen LogP contribution is 2.20. The van der Waals surface area contributed by atoms with Crippen molar-refractivity contribution in [1.29, 1.82) is 0 Å². The molecule has 0 aliphatic carbocycles. The summed E-state index contributed by atoms with van der Waals surface area (Å²) in [5.74, 6) is -0.886. The summed E-state index contributed by atoms with van der Waals surface area (Å²) < 4.78 is 1.71. The summed E-state index contributed by atoms with van der Waals surface area (Å²) in [7, 11) is 0. The Hall–Kier alpha value is -1.91. The first-order chi connectivity index (χ1) is 7.59. The smallest absolute Gasteiger partial charge is 0.304 e. The topological polar surface area (TPSA) is 67.5 Å². The van der Waals surface area contributed by atoms with Crippen LogP contribution >= 0.6 is 0 Å². The lowest BCUT2D eigenvalue weighted by molar-refractivity contribution is -0.137. The van der Waals surface area contributed by atoms with Gasteiger partial charge in [-0.1, -0.05) is 18.2 Å². The van der Waals surface area contributed by atoms with Crippen molar-refractivity contribution in [2.45, 2.75) is 26.2 Å². The molecule has 0 saturated carbocycles. The number of hydrogen-bond acceptors (Lipinski definition) is 3. The molecule has 16 heavy (non-hydrogen) atoms. The largest absolute Gasteiger partial charge is 0.481 e. The van der Waals surface area contributed by atoms with Crippen molar-refractivity contribution in [1.82, 2.24) is 14.8 Å². The highest BCUT2D eigenvalue weighted by molar-refractivity contribution is 5.68. The molecule has 2 aromatic heterocycles. The second kappa shape index (κ2) is 3.92. The predicted octanol–water partition coefficient (Wildman–Crippen LogP) is 1.62. The zero-order chi connectivity index (χ0) is 11.7. The van der Waals surface area contributed by atoms with Gasteiger partial charge in [0.25, 0.3) is 0 Å². The van der Waals surface area contributed by atoms with Crippen LogP contribution in [0.15, 0.2) is 18.2 Å². The molecule has 1 atom stereocenters. The Morgan fingerprint density at radius 3 is 3.00 bits per heavy atom. The zero-order valence-corrected chi connectivity index (χ0v) is 9.21. The number of rotatable bonds is 3. The molecule has 2 heterocycles. The van der Waals surface area contributed by atoms with Gasteiger partial charge < -0.3 is 5.11 Å². The van der Waals surface area contributed by atoms with E-state index in [4.69, 9.17) is 5.11 Å². The fraction of sp³-hybridized carbons (Fsp3) is 0.364. The second-order valence-corrected chi connectivity index (χ2v) is 3.92. The molecular weight excluding hydrogens is 206 g/mol. The molecule has 0 bridgehead atoms. The predicted molar refractivity (Wildman–Crippen MR) is 58.4 cm³/mol. The van der Waals surface area contributed by atoms with Gasteiger partial charge in [-0.15, -0.1) is 5.10 Å². The van der Waals surface area contributed by atoms with E-state index in [-0.39, 0.29) is 12.3 Å². The minimum absolute atomic E-state index is 0.0812. The van der Waals surface area contributed by atoms with Crippen LogP contribution in [0.2, 0.25) is 0 Å². The maximum atomic E-state index is 10.7. The quantitative estimate of drug-likeness (QED) is 0.851. The van der Waals surface area contributed by atoms with Crippen LogP contribution in [0.5, 0.6) is 0 Å². The molecule has 0 aliphatic rings. The van der Waals surface area contributed by atoms with E-state index < -0.39 is 5.97 Å². The summed E-state index contributed by atoms with van der Waals surface area (Å²) in [4.78, 5) is 10.7. The summed E-state index contributed by atoms with van der Waals surface area (Å²) in [6.07, 6.45) is 0.0953. The Kier molecular flexibility index (Phi) is 2.60. The number of aromatic nitrogens is 3. The van der Waals surface area contributed by atoms with Gasteiger partial charge in [-0.25, -0.2) is 4.52 Å². The van der Waals surface area contributed by atoms with Crippen molar-refractivity contribution < 1.29 is 9.90 Å². The Balaban J connectivity index is 2.48. The normalized spacial score (nSPS) is 12.9. The molecule has 0 radical (unpaired) electrons. The molecule has 0 amide bonds. The highest BCUT2D eigenvalue weighted by atomic mass is 16.4. The number of nitrogens with zero attached hydrogens (tertiary/aromatic N) is 3. The first-order valence-electron chi connectivity index (χ1n) is 5.12. The molecule has 2 rings (SSSR count). The summed E-state index contributed by atoms with van der Waals surface area (Å²) in [6.45, 7) is 3.76. The van der Waals surface area contributed by atoms with Gasteiger partial charge in [0.05, 0.1) is 17.6 Å².